The molecule has 1 aliphatic rings. The molecule has 0 atom stereocenters. The molecule has 0 N–H and O–H groups in total. The van der Waals surface area contributed by atoms with Crippen molar-refractivity contribution in [2.45, 2.75) is 51.4 Å². The predicted molar refractivity (Wildman–Crippen MR) is 56.5 cm³/mol. The van der Waals surface area contributed by atoms with Crippen LogP contribution in [0, 0.1) is 0 Å². The summed E-state index contributed by atoms with van der Waals surface area (Å²) in [4.78, 5) is 8.24. The molecule has 0 saturated heterocycles. The van der Waals surface area contributed by atoms with Gasteiger partial charge in [0.25, 0.3) is 0 Å². The molecule has 2 heteroatoms. The van der Waals surface area contributed by atoms with E-state index in [4.69, 9.17) is 0 Å². The Bertz CT molecular complexity index is 153. The lowest BCUT2D eigenvalue weighted by Crippen LogP contribution is -1.83. The molecule has 1 rings (SSSR count). The monoisotopic (exact) mass is 180 g/mol. The van der Waals surface area contributed by atoms with Gasteiger partial charge in [0, 0.05) is 13.1 Å². The van der Waals surface area contributed by atoms with Gasteiger partial charge in [0.05, 0.1) is 6.01 Å². The molecule has 0 unspecified atom stereocenters. The molecule has 0 aromatic heterocycles. The molecule has 13 heavy (non-hydrogen) atoms. The Balaban J connectivity index is 2.18. The molecule has 1 aliphatic heterocycles. The molecule has 1 heterocycles. The SMILES string of the molecule is C1=NCCCCCCCCCCN=1. The van der Waals surface area contributed by atoms with Crippen LogP contribution in [-0.2, 0) is 0 Å². The van der Waals surface area contributed by atoms with Gasteiger partial charge in [0.1, 0.15) is 0 Å². The van der Waals surface area contributed by atoms with Crippen LogP contribution in [0.1, 0.15) is 51.4 Å². The number of rotatable bonds is 0. The van der Waals surface area contributed by atoms with Crippen LogP contribution in [0.25, 0.3) is 0 Å². The quantitative estimate of drug-likeness (QED) is 0.546. The third-order valence-corrected chi connectivity index (χ3v) is 2.43. The van der Waals surface area contributed by atoms with E-state index in [1.165, 1.54) is 51.4 Å². The van der Waals surface area contributed by atoms with Gasteiger partial charge in [-0.1, -0.05) is 38.5 Å². The summed E-state index contributed by atoms with van der Waals surface area (Å²) in [6.45, 7) is 1.84. The molecular weight excluding hydrogens is 160 g/mol. The molecule has 0 bridgehead atoms. The summed E-state index contributed by atoms with van der Waals surface area (Å²) in [6.07, 6.45) is 10.6. The molecule has 0 amide bonds. The van der Waals surface area contributed by atoms with Crippen LogP contribution in [0.15, 0.2) is 9.98 Å². The van der Waals surface area contributed by atoms with E-state index in [1.54, 1.807) is 0 Å². The van der Waals surface area contributed by atoms with Crippen molar-refractivity contribution in [1.29, 1.82) is 0 Å². The minimum atomic E-state index is 0.920. The fraction of sp³-hybridized carbons (Fsp3) is 0.909. The van der Waals surface area contributed by atoms with E-state index in [-0.39, 0.29) is 0 Å². The molecule has 74 valence electrons. The van der Waals surface area contributed by atoms with Crippen molar-refractivity contribution in [3.63, 3.8) is 0 Å². The van der Waals surface area contributed by atoms with Gasteiger partial charge in [0.2, 0.25) is 0 Å². The van der Waals surface area contributed by atoms with Gasteiger partial charge in [-0.3, -0.25) is 0 Å². The van der Waals surface area contributed by atoms with E-state index >= 15 is 0 Å². The number of hydrogen-bond acceptors (Lipinski definition) is 2. The topological polar surface area (TPSA) is 24.7 Å². The first-order valence-electron chi connectivity index (χ1n) is 5.58. The molecule has 0 spiro atoms. The van der Waals surface area contributed by atoms with Gasteiger partial charge in [-0.05, 0) is 12.8 Å². The summed E-state index contributed by atoms with van der Waals surface area (Å²) in [7, 11) is 0. The normalized spacial score (nSPS) is 21.5. The summed E-state index contributed by atoms with van der Waals surface area (Å²) in [5, 5.41) is 0. The summed E-state index contributed by atoms with van der Waals surface area (Å²) in [5.41, 5.74) is 0. The first kappa shape index (κ1) is 10.5. The third kappa shape index (κ3) is 6.53. The van der Waals surface area contributed by atoms with Gasteiger partial charge in [-0.2, -0.15) is 0 Å². The van der Waals surface area contributed by atoms with E-state index in [0.29, 0.717) is 0 Å². The Hall–Kier alpha value is -0.620. The van der Waals surface area contributed by atoms with E-state index in [0.717, 1.165) is 13.1 Å². The number of hydrogen-bond donors (Lipinski definition) is 0. The molecule has 2 nitrogen and oxygen atoms in total. The van der Waals surface area contributed by atoms with Gasteiger partial charge in [-0.25, -0.2) is 9.98 Å². The van der Waals surface area contributed by atoms with Crippen LogP contribution in [0.2, 0.25) is 0 Å². The highest BCUT2D eigenvalue weighted by Crippen LogP contribution is 2.08. The van der Waals surface area contributed by atoms with Gasteiger partial charge < -0.3 is 0 Å². The highest BCUT2D eigenvalue weighted by molar-refractivity contribution is 5.40. The lowest BCUT2D eigenvalue weighted by atomic mass is 10.1. The summed E-state index contributed by atoms with van der Waals surface area (Å²) in [5.74, 6) is 0. The first-order chi connectivity index (χ1) is 6.50. The fourth-order valence-electron chi connectivity index (χ4n) is 1.59. The van der Waals surface area contributed by atoms with Gasteiger partial charge >= 0.3 is 0 Å². The maximum atomic E-state index is 4.12. The summed E-state index contributed by atoms with van der Waals surface area (Å²) < 4.78 is 0. The standard InChI is InChI=1S/C11H20N2/c1-2-4-6-8-10-13-11-12-9-7-5-3-1/h1-10H2. The third-order valence-electron chi connectivity index (χ3n) is 2.43. The Kier molecular flexibility index (Phi) is 6.44. The van der Waals surface area contributed by atoms with Crippen LogP contribution >= 0.6 is 0 Å². The Morgan fingerprint density at radius 1 is 0.538 bits per heavy atom. The molecule has 0 radical (unpaired) electrons. The molecule has 0 aliphatic carbocycles. The number of aliphatic imine (C=N–C) groups is 2. The lowest BCUT2D eigenvalue weighted by molar-refractivity contribution is 0.575. The van der Waals surface area contributed by atoms with Crippen LogP contribution in [-0.4, -0.2) is 19.1 Å². The first-order valence-corrected chi connectivity index (χ1v) is 5.58. The molecule has 0 aromatic rings. The Labute approximate surface area is 81.2 Å². The van der Waals surface area contributed by atoms with Crippen LogP contribution < -0.4 is 0 Å². The maximum absolute atomic E-state index is 4.12. The van der Waals surface area contributed by atoms with E-state index in [1.807, 2.05) is 0 Å². The van der Waals surface area contributed by atoms with Crippen molar-refractivity contribution in [3.05, 3.63) is 0 Å². The van der Waals surface area contributed by atoms with Gasteiger partial charge in [-0.15, -0.1) is 0 Å². The van der Waals surface area contributed by atoms with Crippen molar-refractivity contribution >= 4 is 6.01 Å². The summed E-state index contributed by atoms with van der Waals surface area (Å²) >= 11 is 0. The lowest BCUT2D eigenvalue weighted by Gasteiger charge is -1.99. The van der Waals surface area contributed by atoms with Crippen molar-refractivity contribution < 1.29 is 0 Å². The molecule has 0 fully saturated rings. The minimum absolute atomic E-state index is 0.920. The second kappa shape index (κ2) is 8.00. The Morgan fingerprint density at radius 3 is 1.38 bits per heavy atom. The van der Waals surface area contributed by atoms with Crippen LogP contribution in [0.3, 0.4) is 0 Å². The zero-order valence-electron chi connectivity index (χ0n) is 8.47. The largest absolute Gasteiger partial charge is 0.226 e. The predicted octanol–water partition coefficient (Wildman–Crippen LogP) is 3.29. The zero-order chi connectivity index (χ0) is 9.19. The van der Waals surface area contributed by atoms with Crippen molar-refractivity contribution in [2.24, 2.45) is 9.98 Å². The second-order valence-electron chi connectivity index (χ2n) is 3.69. The summed E-state index contributed by atoms with van der Waals surface area (Å²) in [6, 6.07) is 2.77. The second-order valence-corrected chi connectivity index (χ2v) is 3.69. The van der Waals surface area contributed by atoms with Crippen molar-refractivity contribution in [3.8, 4) is 0 Å². The maximum Gasteiger partial charge on any atom is 0.0892 e. The minimum Gasteiger partial charge on any atom is -0.226 e. The molecular formula is C11H20N2. The van der Waals surface area contributed by atoms with Crippen LogP contribution in [0.4, 0.5) is 0 Å². The van der Waals surface area contributed by atoms with E-state index in [2.05, 4.69) is 16.0 Å². The van der Waals surface area contributed by atoms with E-state index < -0.39 is 0 Å². The zero-order valence-corrected chi connectivity index (χ0v) is 8.47. The highest BCUT2D eigenvalue weighted by atomic mass is 14.8. The smallest absolute Gasteiger partial charge is 0.0892 e. The van der Waals surface area contributed by atoms with Crippen LogP contribution in [0.5, 0.6) is 0 Å². The Morgan fingerprint density at radius 2 is 0.923 bits per heavy atom. The van der Waals surface area contributed by atoms with Crippen molar-refractivity contribution in [2.75, 3.05) is 13.1 Å². The highest BCUT2D eigenvalue weighted by Gasteiger charge is 1.92. The van der Waals surface area contributed by atoms with Crippen molar-refractivity contribution in [1.82, 2.24) is 0 Å². The number of nitrogens with zero attached hydrogens (tertiary/aromatic N) is 2. The molecule has 0 aromatic carbocycles. The average molecular weight is 180 g/mol. The van der Waals surface area contributed by atoms with Gasteiger partial charge in [0.15, 0.2) is 0 Å². The average Bonchev–Trinajstić information content (AvgIpc) is 2.18. The fourth-order valence-corrected chi connectivity index (χ4v) is 1.59. The van der Waals surface area contributed by atoms with E-state index in [9.17, 15) is 0 Å². The molecule has 0 saturated carbocycles.